The molecule has 1 saturated heterocycles. The fraction of sp³-hybridized carbons (Fsp3) is 0.467. The van der Waals surface area contributed by atoms with Crippen LogP contribution in [0.1, 0.15) is 29.3 Å². The van der Waals surface area contributed by atoms with Crippen LogP contribution in [0.4, 0.5) is 5.69 Å². The summed E-state index contributed by atoms with van der Waals surface area (Å²) in [5.74, 6) is -0.525. The SMILES string of the molecule is CCc1ccc(C(=O)N[C@H](C#N)[C@H]2CCOC2)cc1[N+](=O)[O-]. The zero-order valence-corrected chi connectivity index (χ0v) is 12.2. The van der Waals surface area contributed by atoms with Gasteiger partial charge >= 0.3 is 0 Å². The van der Waals surface area contributed by atoms with E-state index in [2.05, 4.69) is 11.4 Å². The Balaban J connectivity index is 2.16. The molecular formula is C15H17N3O4. The zero-order chi connectivity index (χ0) is 16.1. The first kappa shape index (κ1) is 15.9. The van der Waals surface area contributed by atoms with Crippen molar-refractivity contribution in [1.82, 2.24) is 5.32 Å². The lowest BCUT2D eigenvalue weighted by Gasteiger charge is -2.16. The number of hydrogen-bond acceptors (Lipinski definition) is 5. The Labute approximate surface area is 128 Å². The molecule has 0 saturated carbocycles. The third-order valence-corrected chi connectivity index (χ3v) is 3.79. The maximum absolute atomic E-state index is 12.2. The number of nitrogens with one attached hydrogen (secondary N) is 1. The quantitative estimate of drug-likeness (QED) is 0.659. The molecule has 1 aliphatic rings. The van der Waals surface area contributed by atoms with Gasteiger partial charge in [-0.05, 0) is 18.9 Å². The molecule has 1 aliphatic heterocycles. The van der Waals surface area contributed by atoms with Crippen molar-refractivity contribution in [1.29, 1.82) is 5.26 Å². The Bertz CT molecular complexity index is 618. The van der Waals surface area contributed by atoms with Gasteiger partial charge in [-0.25, -0.2) is 0 Å². The Morgan fingerprint density at radius 3 is 2.95 bits per heavy atom. The maximum atomic E-state index is 12.2. The molecule has 2 atom stereocenters. The smallest absolute Gasteiger partial charge is 0.273 e. The van der Waals surface area contributed by atoms with Crippen LogP contribution in [-0.4, -0.2) is 30.1 Å². The van der Waals surface area contributed by atoms with Crippen LogP contribution in [0.15, 0.2) is 18.2 Å². The largest absolute Gasteiger partial charge is 0.381 e. The van der Waals surface area contributed by atoms with Gasteiger partial charge in [0.05, 0.1) is 17.6 Å². The minimum absolute atomic E-state index is 0.0427. The molecule has 22 heavy (non-hydrogen) atoms. The van der Waals surface area contributed by atoms with E-state index in [1.807, 2.05) is 6.92 Å². The summed E-state index contributed by atoms with van der Waals surface area (Å²) in [7, 11) is 0. The number of carbonyl (C=O) groups is 1. The van der Waals surface area contributed by atoms with E-state index in [0.29, 0.717) is 31.6 Å². The van der Waals surface area contributed by atoms with Crippen LogP contribution < -0.4 is 5.32 Å². The molecule has 2 rings (SSSR count). The van der Waals surface area contributed by atoms with Crippen molar-refractivity contribution < 1.29 is 14.5 Å². The molecule has 1 fully saturated rings. The molecule has 7 heteroatoms. The fourth-order valence-electron chi connectivity index (χ4n) is 2.47. The van der Waals surface area contributed by atoms with E-state index in [-0.39, 0.29) is 17.2 Å². The molecule has 1 N–H and O–H groups in total. The van der Waals surface area contributed by atoms with Crippen LogP contribution in [-0.2, 0) is 11.2 Å². The summed E-state index contributed by atoms with van der Waals surface area (Å²) < 4.78 is 5.22. The second-order valence-corrected chi connectivity index (χ2v) is 5.16. The molecular weight excluding hydrogens is 286 g/mol. The van der Waals surface area contributed by atoms with E-state index < -0.39 is 16.9 Å². The lowest BCUT2D eigenvalue weighted by atomic mass is 9.99. The van der Waals surface area contributed by atoms with Gasteiger partial charge in [-0.2, -0.15) is 5.26 Å². The van der Waals surface area contributed by atoms with Gasteiger partial charge in [-0.3, -0.25) is 14.9 Å². The topological polar surface area (TPSA) is 105 Å². The molecule has 0 aromatic heterocycles. The normalized spacial score (nSPS) is 18.5. The number of benzene rings is 1. The molecule has 0 radical (unpaired) electrons. The highest BCUT2D eigenvalue weighted by Gasteiger charge is 2.27. The summed E-state index contributed by atoms with van der Waals surface area (Å²) in [6, 6.07) is 5.78. The van der Waals surface area contributed by atoms with Crippen LogP contribution in [0.2, 0.25) is 0 Å². The Morgan fingerprint density at radius 1 is 1.64 bits per heavy atom. The van der Waals surface area contributed by atoms with E-state index in [1.54, 1.807) is 12.1 Å². The number of nitro groups is 1. The van der Waals surface area contributed by atoms with Crippen molar-refractivity contribution in [2.45, 2.75) is 25.8 Å². The van der Waals surface area contributed by atoms with Crippen molar-refractivity contribution in [3.8, 4) is 6.07 Å². The van der Waals surface area contributed by atoms with E-state index in [4.69, 9.17) is 4.74 Å². The third-order valence-electron chi connectivity index (χ3n) is 3.79. The molecule has 116 valence electrons. The molecule has 1 aromatic carbocycles. The van der Waals surface area contributed by atoms with Gasteiger partial charge in [-0.1, -0.05) is 13.0 Å². The van der Waals surface area contributed by atoms with Gasteiger partial charge in [0.15, 0.2) is 0 Å². The molecule has 7 nitrogen and oxygen atoms in total. The standard InChI is InChI=1S/C15H17N3O4/c1-2-10-3-4-11(7-14(10)18(20)21)15(19)17-13(8-16)12-5-6-22-9-12/h3-4,7,12-13H,2,5-6,9H2,1H3,(H,17,19)/t12-,13+/m0/s1. The van der Waals surface area contributed by atoms with Crippen molar-refractivity contribution in [2.24, 2.45) is 5.92 Å². The first-order chi connectivity index (χ1) is 10.6. The predicted molar refractivity (Wildman–Crippen MR) is 78.3 cm³/mol. The lowest BCUT2D eigenvalue weighted by molar-refractivity contribution is -0.385. The highest BCUT2D eigenvalue weighted by molar-refractivity contribution is 5.95. The summed E-state index contributed by atoms with van der Waals surface area (Å²) in [5, 5.41) is 22.9. The molecule has 0 aliphatic carbocycles. The monoisotopic (exact) mass is 303 g/mol. The number of ether oxygens (including phenoxy) is 1. The van der Waals surface area contributed by atoms with Crippen LogP contribution >= 0.6 is 0 Å². The minimum atomic E-state index is -0.653. The van der Waals surface area contributed by atoms with Crippen molar-refractivity contribution >= 4 is 11.6 Å². The van der Waals surface area contributed by atoms with Gasteiger partial charge in [0.25, 0.3) is 11.6 Å². The van der Waals surface area contributed by atoms with E-state index >= 15 is 0 Å². The van der Waals surface area contributed by atoms with Gasteiger partial charge in [0, 0.05) is 29.7 Å². The summed E-state index contributed by atoms with van der Waals surface area (Å²) >= 11 is 0. The third kappa shape index (κ3) is 3.40. The number of amides is 1. The molecule has 1 amide bonds. The van der Waals surface area contributed by atoms with Gasteiger partial charge in [-0.15, -0.1) is 0 Å². The molecule has 0 bridgehead atoms. The lowest BCUT2D eigenvalue weighted by Crippen LogP contribution is -2.39. The average Bonchev–Trinajstić information content (AvgIpc) is 3.05. The number of hydrogen-bond donors (Lipinski definition) is 1. The molecule has 1 aromatic rings. The first-order valence-corrected chi connectivity index (χ1v) is 7.12. The number of nitriles is 1. The average molecular weight is 303 g/mol. The number of nitrogens with zero attached hydrogens (tertiary/aromatic N) is 2. The van der Waals surface area contributed by atoms with Gasteiger partial charge in [0.2, 0.25) is 0 Å². The van der Waals surface area contributed by atoms with Crippen molar-refractivity contribution in [3.05, 3.63) is 39.4 Å². The summed E-state index contributed by atoms with van der Waals surface area (Å²) in [4.78, 5) is 22.8. The Kier molecular flexibility index (Phi) is 5.07. The molecule has 0 spiro atoms. The summed E-state index contributed by atoms with van der Waals surface area (Å²) in [6.07, 6.45) is 1.23. The van der Waals surface area contributed by atoms with E-state index in [9.17, 15) is 20.2 Å². The number of carbonyl (C=O) groups excluding carboxylic acids is 1. The second kappa shape index (κ2) is 7.00. The number of aryl methyl sites for hydroxylation is 1. The Morgan fingerprint density at radius 2 is 2.41 bits per heavy atom. The van der Waals surface area contributed by atoms with Crippen LogP contribution in [0.5, 0.6) is 0 Å². The van der Waals surface area contributed by atoms with Crippen molar-refractivity contribution in [2.75, 3.05) is 13.2 Å². The predicted octanol–water partition coefficient (Wildman–Crippen LogP) is 1.82. The second-order valence-electron chi connectivity index (χ2n) is 5.16. The first-order valence-electron chi connectivity index (χ1n) is 7.12. The van der Waals surface area contributed by atoms with Crippen LogP contribution in [0, 0.1) is 27.4 Å². The maximum Gasteiger partial charge on any atom is 0.273 e. The number of rotatable bonds is 5. The van der Waals surface area contributed by atoms with E-state index in [1.165, 1.54) is 6.07 Å². The number of nitro benzene ring substituents is 1. The van der Waals surface area contributed by atoms with Gasteiger partial charge in [0.1, 0.15) is 6.04 Å². The fourth-order valence-corrected chi connectivity index (χ4v) is 2.47. The summed E-state index contributed by atoms with van der Waals surface area (Å²) in [5.41, 5.74) is 0.679. The molecule has 1 heterocycles. The van der Waals surface area contributed by atoms with Crippen LogP contribution in [0.3, 0.4) is 0 Å². The minimum Gasteiger partial charge on any atom is -0.381 e. The highest BCUT2D eigenvalue weighted by atomic mass is 16.6. The Hall–Kier alpha value is -2.46. The summed E-state index contributed by atoms with van der Waals surface area (Å²) in [6.45, 7) is 2.83. The van der Waals surface area contributed by atoms with Gasteiger partial charge < -0.3 is 10.1 Å². The zero-order valence-electron chi connectivity index (χ0n) is 12.2. The highest BCUT2D eigenvalue weighted by Crippen LogP contribution is 2.22. The van der Waals surface area contributed by atoms with Crippen molar-refractivity contribution in [3.63, 3.8) is 0 Å². The van der Waals surface area contributed by atoms with Crippen LogP contribution in [0.25, 0.3) is 0 Å². The molecule has 0 unspecified atom stereocenters. The van der Waals surface area contributed by atoms with E-state index in [0.717, 1.165) is 0 Å².